The van der Waals surface area contributed by atoms with Crippen molar-refractivity contribution >= 4 is 27.5 Å². The average Bonchev–Trinajstić information content (AvgIpc) is 2.40. The Balaban J connectivity index is 2.26. The first-order valence-electron chi connectivity index (χ1n) is 6.90. The standard InChI is InChI=1S/C14H17BrN2O4/c15-13-6-5-11(17(20)21)9-12(13)14(19)16(7-2-8-18)10-3-1-4-10/h5-6,9-10,18H,1-4,7-8H2. The summed E-state index contributed by atoms with van der Waals surface area (Å²) in [6.07, 6.45) is 3.49. The lowest BCUT2D eigenvalue weighted by molar-refractivity contribution is -0.384. The van der Waals surface area contributed by atoms with Crippen molar-refractivity contribution in [2.75, 3.05) is 13.2 Å². The van der Waals surface area contributed by atoms with E-state index in [2.05, 4.69) is 15.9 Å². The van der Waals surface area contributed by atoms with Crippen molar-refractivity contribution in [2.45, 2.75) is 31.7 Å². The van der Waals surface area contributed by atoms with Crippen molar-refractivity contribution < 1.29 is 14.8 Å². The summed E-state index contributed by atoms with van der Waals surface area (Å²) in [4.78, 5) is 24.8. The van der Waals surface area contributed by atoms with Gasteiger partial charge in [0, 0.05) is 35.8 Å². The molecule has 1 amide bonds. The largest absolute Gasteiger partial charge is 0.396 e. The normalized spacial score (nSPS) is 14.6. The number of nitrogens with zero attached hydrogens (tertiary/aromatic N) is 2. The molecule has 0 radical (unpaired) electrons. The molecule has 1 aliphatic carbocycles. The number of aliphatic hydroxyl groups is 1. The molecule has 1 fully saturated rings. The third-order valence-corrected chi connectivity index (χ3v) is 4.42. The van der Waals surface area contributed by atoms with Crippen LogP contribution in [0.15, 0.2) is 22.7 Å². The van der Waals surface area contributed by atoms with Gasteiger partial charge >= 0.3 is 0 Å². The molecule has 1 aliphatic rings. The predicted molar refractivity (Wildman–Crippen MR) is 81.2 cm³/mol. The summed E-state index contributed by atoms with van der Waals surface area (Å²) in [6, 6.07) is 4.37. The van der Waals surface area contributed by atoms with E-state index in [0.717, 1.165) is 19.3 Å². The van der Waals surface area contributed by atoms with Crippen LogP contribution in [0.2, 0.25) is 0 Å². The maximum atomic E-state index is 12.7. The van der Waals surface area contributed by atoms with Gasteiger partial charge in [-0.3, -0.25) is 14.9 Å². The van der Waals surface area contributed by atoms with Crippen molar-refractivity contribution in [3.8, 4) is 0 Å². The minimum absolute atomic E-state index is 0.0204. The van der Waals surface area contributed by atoms with Crippen LogP contribution in [-0.2, 0) is 0 Å². The Kier molecular flexibility index (Phi) is 5.30. The molecule has 114 valence electrons. The van der Waals surface area contributed by atoms with Gasteiger partial charge in [-0.15, -0.1) is 0 Å². The number of rotatable bonds is 6. The molecule has 1 aromatic carbocycles. The van der Waals surface area contributed by atoms with E-state index in [1.54, 1.807) is 4.90 Å². The number of amides is 1. The zero-order valence-electron chi connectivity index (χ0n) is 11.5. The van der Waals surface area contributed by atoms with Gasteiger partial charge in [0.05, 0.1) is 10.5 Å². The first-order chi connectivity index (χ1) is 10.0. The lowest BCUT2D eigenvalue weighted by Gasteiger charge is -2.37. The summed E-state index contributed by atoms with van der Waals surface area (Å²) in [5.74, 6) is -0.219. The minimum Gasteiger partial charge on any atom is -0.396 e. The van der Waals surface area contributed by atoms with E-state index in [-0.39, 0.29) is 24.2 Å². The summed E-state index contributed by atoms with van der Waals surface area (Å²) in [6.45, 7) is 0.488. The molecular formula is C14H17BrN2O4. The smallest absolute Gasteiger partial charge is 0.270 e. The number of hydrogen-bond acceptors (Lipinski definition) is 4. The highest BCUT2D eigenvalue weighted by molar-refractivity contribution is 9.10. The molecule has 0 aromatic heterocycles. The van der Waals surface area contributed by atoms with Crippen LogP contribution in [0.25, 0.3) is 0 Å². The predicted octanol–water partition coefficient (Wildman–Crippen LogP) is 2.73. The number of nitro benzene ring substituents is 1. The highest BCUT2D eigenvalue weighted by Gasteiger charge is 2.30. The number of non-ortho nitro benzene ring substituents is 1. The second-order valence-corrected chi connectivity index (χ2v) is 5.94. The molecule has 0 heterocycles. The van der Waals surface area contributed by atoms with Crippen LogP contribution in [0.1, 0.15) is 36.0 Å². The number of carbonyl (C=O) groups excluding carboxylic acids is 1. The third kappa shape index (κ3) is 3.59. The second kappa shape index (κ2) is 7.00. The number of benzene rings is 1. The summed E-state index contributed by atoms with van der Waals surface area (Å²) in [5.41, 5.74) is 0.200. The van der Waals surface area contributed by atoms with Crippen LogP contribution in [-0.4, -0.2) is 40.0 Å². The topological polar surface area (TPSA) is 83.7 Å². The number of halogens is 1. The molecular weight excluding hydrogens is 340 g/mol. The highest BCUT2D eigenvalue weighted by atomic mass is 79.9. The molecule has 0 aliphatic heterocycles. The van der Waals surface area contributed by atoms with Crippen molar-refractivity contribution in [3.05, 3.63) is 38.3 Å². The molecule has 1 N–H and O–H groups in total. The van der Waals surface area contributed by atoms with Gasteiger partial charge in [-0.25, -0.2) is 0 Å². The zero-order chi connectivity index (χ0) is 15.4. The Bertz CT molecular complexity index is 546. The van der Waals surface area contributed by atoms with Crippen LogP contribution < -0.4 is 0 Å². The van der Waals surface area contributed by atoms with Gasteiger partial charge in [-0.05, 0) is 47.7 Å². The van der Waals surface area contributed by atoms with Crippen LogP contribution in [0.4, 0.5) is 5.69 Å². The van der Waals surface area contributed by atoms with Crippen LogP contribution in [0, 0.1) is 10.1 Å². The molecule has 6 nitrogen and oxygen atoms in total. The van der Waals surface area contributed by atoms with Crippen LogP contribution >= 0.6 is 15.9 Å². The maximum Gasteiger partial charge on any atom is 0.270 e. The van der Waals surface area contributed by atoms with Crippen LogP contribution in [0.5, 0.6) is 0 Å². The van der Waals surface area contributed by atoms with Gasteiger partial charge in [0.2, 0.25) is 0 Å². The molecule has 1 saturated carbocycles. The van der Waals surface area contributed by atoms with E-state index in [9.17, 15) is 14.9 Å². The van der Waals surface area contributed by atoms with E-state index in [1.165, 1.54) is 18.2 Å². The van der Waals surface area contributed by atoms with Crippen LogP contribution in [0.3, 0.4) is 0 Å². The number of nitro groups is 1. The van der Waals surface area contributed by atoms with E-state index in [1.807, 2.05) is 0 Å². The molecule has 0 bridgehead atoms. The fourth-order valence-corrected chi connectivity index (χ4v) is 2.75. The summed E-state index contributed by atoms with van der Waals surface area (Å²) < 4.78 is 0.548. The van der Waals surface area contributed by atoms with Gasteiger partial charge in [-0.2, -0.15) is 0 Å². The maximum absolute atomic E-state index is 12.7. The summed E-state index contributed by atoms with van der Waals surface area (Å²) >= 11 is 3.29. The number of carbonyl (C=O) groups is 1. The third-order valence-electron chi connectivity index (χ3n) is 3.72. The van der Waals surface area contributed by atoms with E-state index in [4.69, 9.17) is 5.11 Å². The van der Waals surface area contributed by atoms with E-state index < -0.39 is 4.92 Å². The number of hydrogen-bond donors (Lipinski definition) is 1. The molecule has 7 heteroatoms. The fraction of sp³-hybridized carbons (Fsp3) is 0.500. The quantitative estimate of drug-likeness (QED) is 0.627. The SMILES string of the molecule is O=C(c1cc([N+](=O)[O-])ccc1Br)N(CCCO)C1CCC1. The molecule has 2 rings (SSSR count). The average molecular weight is 357 g/mol. The summed E-state index contributed by atoms with van der Waals surface area (Å²) in [5, 5.41) is 19.8. The lowest BCUT2D eigenvalue weighted by atomic mass is 9.90. The van der Waals surface area contributed by atoms with Gasteiger partial charge in [0.15, 0.2) is 0 Å². The Morgan fingerprint density at radius 3 is 2.71 bits per heavy atom. The Labute approximate surface area is 131 Å². The minimum atomic E-state index is -0.509. The second-order valence-electron chi connectivity index (χ2n) is 5.08. The van der Waals surface area contributed by atoms with Gasteiger partial charge < -0.3 is 10.0 Å². The molecule has 0 spiro atoms. The molecule has 0 unspecified atom stereocenters. The van der Waals surface area contributed by atoms with E-state index in [0.29, 0.717) is 23.0 Å². The van der Waals surface area contributed by atoms with Crippen molar-refractivity contribution in [2.24, 2.45) is 0 Å². The monoisotopic (exact) mass is 356 g/mol. The van der Waals surface area contributed by atoms with Crippen molar-refractivity contribution in [1.82, 2.24) is 4.90 Å². The summed E-state index contributed by atoms with van der Waals surface area (Å²) in [7, 11) is 0. The van der Waals surface area contributed by atoms with Crippen molar-refractivity contribution in [1.29, 1.82) is 0 Å². The van der Waals surface area contributed by atoms with E-state index >= 15 is 0 Å². The van der Waals surface area contributed by atoms with Crippen molar-refractivity contribution in [3.63, 3.8) is 0 Å². The highest BCUT2D eigenvalue weighted by Crippen LogP contribution is 2.29. The Hall–Kier alpha value is -1.47. The molecule has 21 heavy (non-hydrogen) atoms. The van der Waals surface area contributed by atoms with Gasteiger partial charge in [-0.1, -0.05) is 0 Å². The van der Waals surface area contributed by atoms with Gasteiger partial charge in [0.1, 0.15) is 0 Å². The molecule has 1 aromatic rings. The fourth-order valence-electron chi connectivity index (χ4n) is 2.33. The Morgan fingerprint density at radius 1 is 1.48 bits per heavy atom. The lowest BCUT2D eigenvalue weighted by Crippen LogP contribution is -2.45. The number of aliphatic hydroxyl groups excluding tert-OH is 1. The molecule has 0 atom stereocenters. The van der Waals surface area contributed by atoms with Gasteiger partial charge in [0.25, 0.3) is 11.6 Å². The first-order valence-corrected chi connectivity index (χ1v) is 7.69. The molecule has 0 saturated heterocycles. The zero-order valence-corrected chi connectivity index (χ0v) is 13.1. The Morgan fingerprint density at radius 2 is 2.19 bits per heavy atom. The first kappa shape index (κ1) is 15.9.